The van der Waals surface area contributed by atoms with E-state index in [0.717, 1.165) is 12.1 Å². The number of aromatic nitrogens is 2. The second kappa shape index (κ2) is 8.29. The molecule has 160 valence electrons. The van der Waals surface area contributed by atoms with Crippen molar-refractivity contribution in [2.75, 3.05) is 20.6 Å². The lowest BCUT2D eigenvalue weighted by Crippen LogP contribution is -2.29. The first-order valence-electron chi connectivity index (χ1n) is 9.19. The highest BCUT2D eigenvalue weighted by atomic mass is 19.3. The van der Waals surface area contributed by atoms with Crippen LogP contribution in [0.15, 0.2) is 30.6 Å². The Kier molecular flexibility index (Phi) is 5.95. The number of ether oxygens (including phenoxy) is 1. The van der Waals surface area contributed by atoms with E-state index in [1.807, 2.05) is 0 Å². The summed E-state index contributed by atoms with van der Waals surface area (Å²) in [6.07, 6.45) is 1.75. The average molecular weight is 422 g/mol. The second-order valence-corrected chi connectivity index (χ2v) is 7.36. The second-order valence-electron chi connectivity index (χ2n) is 7.36. The fourth-order valence-electron chi connectivity index (χ4n) is 3.03. The number of hydrogen-bond acceptors (Lipinski definition) is 5. The van der Waals surface area contributed by atoms with Crippen molar-refractivity contribution in [1.29, 1.82) is 0 Å². The smallest absolute Gasteiger partial charge is 0.410 e. The van der Waals surface area contributed by atoms with Gasteiger partial charge in [0.1, 0.15) is 11.9 Å². The standard InChI is InChI=1S/C20H21F3N4O3/c1-20(22,23)15-6-12(4-5-16(15)21)17-9-24-8-13(25-17)10-27-11-14(30-19(27)29)7-18(28)26(2)3/h4-6,8-9,14H,7,10-11H2,1-3H3. The van der Waals surface area contributed by atoms with Gasteiger partial charge in [-0.1, -0.05) is 0 Å². The van der Waals surface area contributed by atoms with Gasteiger partial charge in [-0.2, -0.15) is 0 Å². The fourth-order valence-corrected chi connectivity index (χ4v) is 3.03. The van der Waals surface area contributed by atoms with Crippen LogP contribution >= 0.6 is 0 Å². The van der Waals surface area contributed by atoms with Gasteiger partial charge < -0.3 is 9.64 Å². The average Bonchev–Trinajstić information content (AvgIpc) is 3.00. The van der Waals surface area contributed by atoms with Gasteiger partial charge in [0.05, 0.1) is 48.9 Å². The number of hydrogen-bond donors (Lipinski definition) is 0. The number of amides is 2. The van der Waals surface area contributed by atoms with E-state index in [2.05, 4.69) is 9.97 Å². The van der Waals surface area contributed by atoms with Crippen LogP contribution in [-0.4, -0.2) is 58.5 Å². The van der Waals surface area contributed by atoms with Gasteiger partial charge in [-0.25, -0.2) is 22.9 Å². The van der Waals surface area contributed by atoms with Crippen molar-refractivity contribution in [2.24, 2.45) is 0 Å². The van der Waals surface area contributed by atoms with Crippen LogP contribution in [0.5, 0.6) is 0 Å². The lowest BCUT2D eigenvalue weighted by Gasteiger charge is -2.15. The Morgan fingerprint density at radius 1 is 1.33 bits per heavy atom. The summed E-state index contributed by atoms with van der Waals surface area (Å²) in [5, 5.41) is 0. The van der Waals surface area contributed by atoms with E-state index in [-0.39, 0.29) is 36.7 Å². The third kappa shape index (κ3) is 4.87. The van der Waals surface area contributed by atoms with Crippen LogP contribution < -0.4 is 0 Å². The molecule has 1 atom stereocenters. The zero-order valence-electron chi connectivity index (χ0n) is 16.7. The molecule has 1 aromatic carbocycles. The Morgan fingerprint density at radius 2 is 2.07 bits per heavy atom. The number of benzene rings is 1. The minimum Gasteiger partial charge on any atom is -0.444 e. The summed E-state index contributed by atoms with van der Waals surface area (Å²) in [4.78, 5) is 35.1. The minimum absolute atomic E-state index is 0.0737. The number of alkyl halides is 2. The Bertz CT molecular complexity index is 963. The van der Waals surface area contributed by atoms with Crippen molar-refractivity contribution in [3.63, 3.8) is 0 Å². The molecule has 0 spiro atoms. The van der Waals surface area contributed by atoms with E-state index in [1.54, 1.807) is 14.1 Å². The molecule has 2 heterocycles. The number of carbonyl (C=O) groups excluding carboxylic acids is 2. The zero-order valence-corrected chi connectivity index (χ0v) is 16.7. The highest BCUT2D eigenvalue weighted by Gasteiger charge is 2.33. The van der Waals surface area contributed by atoms with E-state index in [4.69, 9.17) is 4.74 Å². The SMILES string of the molecule is CN(C)C(=O)CC1CN(Cc2cncc(-c3ccc(F)c(C(C)(F)F)c3)n2)C(=O)O1. The molecular weight excluding hydrogens is 401 g/mol. The normalized spacial score (nSPS) is 16.5. The van der Waals surface area contributed by atoms with Gasteiger partial charge in [0.25, 0.3) is 5.92 Å². The first-order valence-corrected chi connectivity index (χ1v) is 9.19. The van der Waals surface area contributed by atoms with Crippen molar-refractivity contribution in [3.05, 3.63) is 47.7 Å². The molecule has 1 unspecified atom stereocenters. The van der Waals surface area contributed by atoms with E-state index in [9.17, 15) is 22.8 Å². The summed E-state index contributed by atoms with van der Waals surface area (Å²) in [5.41, 5.74) is 0.215. The summed E-state index contributed by atoms with van der Waals surface area (Å²) in [5.74, 6) is -4.51. The molecule has 0 bridgehead atoms. The molecule has 2 aromatic rings. The van der Waals surface area contributed by atoms with E-state index < -0.39 is 29.5 Å². The molecule has 10 heteroatoms. The van der Waals surface area contributed by atoms with Crippen LogP contribution in [0.2, 0.25) is 0 Å². The van der Waals surface area contributed by atoms with Crippen LogP contribution in [0.25, 0.3) is 11.3 Å². The predicted molar refractivity (Wildman–Crippen MR) is 101 cm³/mol. The Balaban J connectivity index is 1.75. The third-order valence-corrected chi connectivity index (χ3v) is 4.62. The molecule has 1 aromatic heterocycles. The molecule has 1 aliphatic rings. The van der Waals surface area contributed by atoms with E-state index in [0.29, 0.717) is 12.6 Å². The van der Waals surface area contributed by atoms with Gasteiger partial charge in [-0.05, 0) is 18.2 Å². The molecule has 2 amide bonds. The van der Waals surface area contributed by atoms with Gasteiger partial charge in [0.2, 0.25) is 5.91 Å². The molecule has 0 N–H and O–H groups in total. The topological polar surface area (TPSA) is 75.6 Å². The molecule has 0 aliphatic carbocycles. The van der Waals surface area contributed by atoms with Crippen molar-refractivity contribution in [2.45, 2.75) is 31.9 Å². The summed E-state index contributed by atoms with van der Waals surface area (Å²) < 4.78 is 46.2. The number of halogens is 3. The summed E-state index contributed by atoms with van der Waals surface area (Å²) in [6, 6.07) is 3.34. The number of rotatable bonds is 6. The minimum atomic E-state index is -3.34. The van der Waals surface area contributed by atoms with Crippen LogP contribution in [0.4, 0.5) is 18.0 Å². The molecule has 0 saturated carbocycles. The molecule has 3 rings (SSSR count). The van der Waals surface area contributed by atoms with Crippen molar-refractivity contribution in [1.82, 2.24) is 19.8 Å². The quantitative estimate of drug-likeness (QED) is 0.715. The van der Waals surface area contributed by atoms with Gasteiger partial charge in [0, 0.05) is 26.6 Å². The van der Waals surface area contributed by atoms with Gasteiger partial charge in [-0.15, -0.1) is 0 Å². The first kappa shape index (κ1) is 21.5. The summed E-state index contributed by atoms with van der Waals surface area (Å²) in [7, 11) is 3.24. The maximum Gasteiger partial charge on any atom is 0.410 e. The van der Waals surface area contributed by atoms with Gasteiger partial charge in [0.15, 0.2) is 0 Å². The molecular formula is C20H21F3N4O3. The molecule has 1 aliphatic heterocycles. The van der Waals surface area contributed by atoms with Crippen LogP contribution in [0.3, 0.4) is 0 Å². The Hall–Kier alpha value is -3.17. The highest BCUT2D eigenvalue weighted by molar-refractivity contribution is 5.77. The van der Waals surface area contributed by atoms with Crippen LogP contribution in [0, 0.1) is 5.82 Å². The third-order valence-electron chi connectivity index (χ3n) is 4.62. The van der Waals surface area contributed by atoms with Gasteiger partial charge in [-0.3, -0.25) is 14.7 Å². The van der Waals surface area contributed by atoms with Crippen LogP contribution in [0.1, 0.15) is 24.6 Å². The molecule has 30 heavy (non-hydrogen) atoms. The Morgan fingerprint density at radius 3 is 2.73 bits per heavy atom. The van der Waals surface area contributed by atoms with Crippen molar-refractivity contribution in [3.8, 4) is 11.3 Å². The number of cyclic esters (lactones) is 1. The van der Waals surface area contributed by atoms with E-state index >= 15 is 0 Å². The van der Waals surface area contributed by atoms with Crippen molar-refractivity contribution >= 4 is 12.0 Å². The molecule has 1 saturated heterocycles. The summed E-state index contributed by atoms with van der Waals surface area (Å²) in [6.45, 7) is 0.908. The van der Waals surface area contributed by atoms with Gasteiger partial charge >= 0.3 is 6.09 Å². The molecule has 7 nitrogen and oxygen atoms in total. The number of carbonyl (C=O) groups is 2. The fraction of sp³-hybridized carbons (Fsp3) is 0.400. The highest BCUT2D eigenvalue weighted by Crippen LogP contribution is 2.32. The maximum absolute atomic E-state index is 13.8. The summed E-state index contributed by atoms with van der Waals surface area (Å²) >= 11 is 0. The maximum atomic E-state index is 13.8. The number of nitrogens with zero attached hydrogens (tertiary/aromatic N) is 4. The molecule has 0 radical (unpaired) electrons. The zero-order chi connectivity index (χ0) is 22.1. The van der Waals surface area contributed by atoms with Crippen molar-refractivity contribution < 1.29 is 27.5 Å². The van der Waals surface area contributed by atoms with E-state index in [1.165, 1.54) is 28.3 Å². The molecule has 1 fully saturated rings. The van der Waals surface area contributed by atoms with Crippen LogP contribution in [-0.2, 0) is 22.0 Å². The predicted octanol–water partition coefficient (Wildman–Crippen LogP) is 3.19. The monoisotopic (exact) mass is 422 g/mol. The Labute approximate surface area is 171 Å². The lowest BCUT2D eigenvalue weighted by atomic mass is 10.0. The first-order chi connectivity index (χ1) is 14.0. The largest absolute Gasteiger partial charge is 0.444 e. The lowest BCUT2D eigenvalue weighted by molar-refractivity contribution is -0.130.